The van der Waals surface area contributed by atoms with Crippen molar-refractivity contribution in [2.24, 2.45) is 0 Å². The number of benzene rings is 3. The Morgan fingerprint density at radius 2 is 1.00 bits per heavy atom. The molecule has 10 heteroatoms. The molecule has 0 spiro atoms. The molecule has 0 aliphatic rings. The summed E-state index contributed by atoms with van der Waals surface area (Å²) in [4.78, 5) is 1.63. The van der Waals surface area contributed by atoms with Gasteiger partial charge in [0.05, 0.1) is 36.2 Å². The summed E-state index contributed by atoms with van der Waals surface area (Å²) in [5, 5.41) is 0. The second-order valence-corrected chi connectivity index (χ2v) is 9.75. The topological polar surface area (TPSA) is 18.5 Å². The summed E-state index contributed by atoms with van der Waals surface area (Å²) < 4.78 is 90.7. The van der Waals surface area contributed by atoms with Crippen LogP contribution < -0.4 is 9.47 Å². The van der Waals surface area contributed by atoms with Crippen LogP contribution in [0.5, 0.6) is 11.5 Å². The van der Waals surface area contributed by atoms with Crippen LogP contribution in [0.3, 0.4) is 0 Å². The average molecular weight is 585 g/mol. The lowest BCUT2D eigenvalue weighted by Crippen LogP contribution is -2.12. The summed E-state index contributed by atoms with van der Waals surface area (Å²) in [6.45, 7) is 0. The third-order valence-corrected chi connectivity index (χ3v) is 7.39. The molecular weight excluding hydrogens is 569 g/mol. The zero-order valence-electron chi connectivity index (χ0n) is 16.6. The molecule has 0 unspecified atom stereocenters. The zero-order chi connectivity index (χ0) is 23.7. The van der Waals surface area contributed by atoms with Crippen molar-refractivity contribution >= 4 is 33.5 Å². The molecule has 0 heterocycles. The Morgan fingerprint density at radius 1 is 0.625 bits per heavy atom. The van der Waals surface area contributed by atoms with Gasteiger partial charge in [0.15, 0.2) is 14.7 Å². The summed E-state index contributed by atoms with van der Waals surface area (Å²) in [5.41, 5.74) is -1.86. The van der Waals surface area contributed by atoms with Gasteiger partial charge in [0.2, 0.25) is 0 Å². The Kier molecular flexibility index (Phi) is 7.23. The fourth-order valence-electron chi connectivity index (χ4n) is 3.04. The van der Waals surface area contributed by atoms with Crippen molar-refractivity contribution in [3.63, 3.8) is 0 Å². The minimum atomic E-state index is -4.61. The highest BCUT2D eigenvalue weighted by Gasteiger charge is 2.39. The molecule has 0 amide bonds. The van der Waals surface area contributed by atoms with Crippen molar-refractivity contribution in [3.05, 3.63) is 75.4 Å². The van der Waals surface area contributed by atoms with Gasteiger partial charge >= 0.3 is 12.4 Å². The van der Waals surface area contributed by atoms with E-state index in [0.29, 0.717) is 14.7 Å². The number of alkyl halides is 6. The molecule has 0 radical (unpaired) electrons. The van der Waals surface area contributed by atoms with Crippen LogP contribution in [0.15, 0.2) is 75.4 Å². The van der Waals surface area contributed by atoms with Crippen LogP contribution >= 0.6 is 22.6 Å². The molecule has 0 saturated heterocycles. The van der Waals surface area contributed by atoms with E-state index in [9.17, 15) is 26.3 Å². The summed E-state index contributed by atoms with van der Waals surface area (Å²) in [6.07, 6.45) is -9.22. The maximum atomic E-state index is 13.3. The first-order chi connectivity index (χ1) is 15.0. The minimum Gasteiger partial charge on any atom is -0.496 e. The molecule has 32 heavy (non-hydrogen) atoms. The van der Waals surface area contributed by atoms with Crippen molar-refractivity contribution in [2.45, 2.75) is 27.0 Å². The van der Waals surface area contributed by atoms with Gasteiger partial charge in [0.25, 0.3) is 0 Å². The van der Waals surface area contributed by atoms with E-state index in [0.717, 1.165) is 29.9 Å². The second kappa shape index (κ2) is 9.42. The van der Waals surface area contributed by atoms with Crippen molar-refractivity contribution in [1.29, 1.82) is 0 Å². The number of hydrogen-bond acceptors (Lipinski definition) is 2. The van der Waals surface area contributed by atoms with Gasteiger partial charge in [-0.2, -0.15) is 26.3 Å². The van der Waals surface area contributed by atoms with Crippen molar-refractivity contribution in [1.82, 2.24) is 0 Å². The molecular formula is C22H16F6IO2S+. The lowest BCUT2D eigenvalue weighted by molar-refractivity contribution is -0.139. The standard InChI is InChI=1S/C22H16F6IO2S/c1-30-19-11-15(7-9-17(19)21(23,24)25)32(14-5-3-13(29)4-6-14)16-8-10-18(22(26,27)28)20(12-16)31-2/h3-12H,1-2H3/q+1. The van der Waals surface area contributed by atoms with E-state index in [4.69, 9.17) is 9.47 Å². The van der Waals surface area contributed by atoms with Crippen LogP contribution in [0.4, 0.5) is 26.3 Å². The number of halogens is 7. The lowest BCUT2D eigenvalue weighted by atomic mass is 10.2. The van der Waals surface area contributed by atoms with Gasteiger partial charge in [-0.25, -0.2) is 0 Å². The van der Waals surface area contributed by atoms with E-state index in [-0.39, 0.29) is 11.5 Å². The van der Waals surface area contributed by atoms with E-state index in [1.54, 1.807) is 12.1 Å². The molecule has 3 rings (SSSR count). The molecule has 0 bridgehead atoms. The SMILES string of the molecule is COc1cc([S+](c2ccc(I)cc2)c2ccc(C(F)(F)F)c(OC)c2)ccc1C(F)(F)F. The predicted molar refractivity (Wildman–Crippen MR) is 117 cm³/mol. The molecule has 3 aromatic rings. The third kappa shape index (κ3) is 5.28. The summed E-state index contributed by atoms with van der Waals surface area (Å²) in [7, 11) is 1.26. The van der Waals surface area contributed by atoms with Gasteiger partial charge in [-0.1, -0.05) is 0 Å². The molecule has 0 saturated carbocycles. The van der Waals surface area contributed by atoms with Crippen molar-refractivity contribution < 1.29 is 35.8 Å². The molecule has 2 nitrogen and oxygen atoms in total. The number of rotatable bonds is 5. The van der Waals surface area contributed by atoms with E-state index in [1.165, 1.54) is 24.3 Å². The van der Waals surface area contributed by atoms with Crippen LogP contribution in [0.1, 0.15) is 11.1 Å². The van der Waals surface area contributed by atoms with Crippen molar-refractivity contribution in [2.75, 3.05) is 14.2 Å². The van der Waals surface area contributed by atoms with Crippen LogP contribution in [-0.4, -0.2) is 14.2 Å². The fourth-order valence-corrected chi connectivity index (χ4v) is 5.49. The summed E-state index contributed by atoms with van der Waals surface area (Å²) in [5.74, 6) is -0.728. The molecule has 0 aliphatic carbocycles. The van der Waals surface area contributed by atoms with Gasteiger partial charge in [-0.15, -0.1) is 0 Å². The maximum absolute atomic E-state index is 13.3. The van der Waals surface area contributed by atoms with Crippen LogP contribution in [0, 0.1) is 3.57 Å². The van der Waals surface area contributed by atoms with Gasteiger partial charge in [-0.3, -0.25) is 0 Å². The molecule has 170 valence electrons. The number of methoxy groups -OCH3 is 2. The highest BCUT2D eigenvalue weighted by Crippen LogP contribution is 2.42. The zero-order valence-corrected chi connectivity index (χ0v) is 19.6. The average Bonchev–Trinajstić information content (AvgIpc) is 2.73. The normalized spacial score (nSPS) is 12.2. The molecule has 0 aliphatic heterocycles. The molecule has 0 aromatic heterocycles. The monoisotopic (exact) mass is 585 g/mol. The lowest BCUT2D eigenvalue weighted by Gasteiger charge is -2.16. The van der Waals surface area contributed by atoms with Gasteiger partial charge in [-0.05, 0) is 71.1 Å². The highest BCUT2D eigenvalue weighted by atomic mass is 127. The summed E-state index contributed by atoms with van der Waals surface area (Å²) >= 11 is 2.11. The minimum absolute atomic E-state index is 0.364. The third-order valence-electron chi connectivity index (χ3n) is 4.48. The van der Waals surface area contributed by atoms with E-state index in [2.05, 4.69) is 22.6 Å². The van der Waals surface area contributed by atoms with Gasteiger partial charge < -0.3 is 9.47 Å². The first-order valence-corrected chi connectivity index (χ1v) is 11.3. The quantitative estimate of drug-likeness (QED) is 0.176. The van der Waals surface area contributed by atoms with E-state index >= 15 is 0 Å². The van der Waals surface area contributed by atoms with Crippen LogP contribution in [0.2, 0.25) is 0 Å². The Bertz CT molecular complexity index is 1030. The molecule has 0 N–H and O–H groups in total. The highest BCUT2D eigenvalue weighted by molar-refractivity contribution is 14.1. The van der Waals surface area contributed by atoms with Gasteiger partial charge in [0, 0.05) is 15.7 Å². The smallest absolute Gasteiger partial charge is 0.419 e. The molecule has 0 fully saturated rings. The Balaban J connectivity index is 2.22. The molecule has 0 atom stereocenters. The second-order valence-electron chi connectivity index (χ2n) is 6.48. The van der Waals surface area contributed by atoms with Gasteiger partial charge in [0.1, 0.15) is 11.5 Å². The Morgan fingerprint density at radius 3 is 1.34 bits per heavy atom. The number of hydrogen-bond donors (Lipinski definition) is 0. The number of ether oxygens (including phenoxy) is 2. The first kappa shape index (κ1) is 24.6. The maximum Gasteiger partial charge on any atom is 0.419 e. The Hall–Kier alpha value is -2.08. The van der Waals surface area contributed by atoms with E-state index in [1.807, 2.05) is 12.1 Å². The van der Waals surface area contributed by atoms with Crippen LogP contribution in [-0.2, 0) is 23.2 Å². The van der Waals surface area contributed by atoms with Crippen LogP contribution in [0.25, 0.3) is 0 Å². The molecule has 3 aromatic carbocycles. The van der Waals surface area contributed by atoms with Crippen molar-refractivity contribution in [3.8, 4) is 11.5 Å². The largest absolute Gasteiger partial charge is 0.496 e. The Labute approximate surface area is 197 Å². The van der Waals surface area contributed by atoms with E-state index < -0.39 is 34.4 Å². The predicted octanol–water partition coefficient (Wildman–Crippen LogP) is 7.44. The fraction of sp³-hybridized carbons (Fsp3) is 0.182. The first-order valence-electron chi connectivity index (χ1n) is 8.96. The summed E-state index contributed by atoms with van der Waals surface area (Å²) in [6, 6.07) is 14.2.